The van der Waals surface area contributed by atoms with Gasteiger partial charge in [-0.2, -0.15) is 0 Å². The molecule has 0 unspecified atom stereocenters. The molecule has 0 aromatic heterocycles. The molecule has 0 saturated carbocycles. The highest BCUT2D eigenvalue weighted by molar-refractivity contribution is 6.89. The van der Waals surface area contributed by atoms with Gasteiger partial charge in [-0.25, -0.2) is 0 Å². The second-order valence-electron chi connectivity index (χ2n) is 16.8. The van der Waals surface area contributed by atoms with E-state index in [0.717, 1.165) is 23.2 Å². The fourth-order valence-electron chi connectivity index (χ4n) is 8.91. The molecular formula is C52H54Si2. The average Bonchev–Trinajstić information content (AvgIpc) is 3.17. The third kappa shape index (κ3) is 7.07. The first-order chi connectivity index (χ1) is 26.0. The minimum Gasteiger partial charge on any atom is -0.125 e. The third-order valence-corrected chi connectivity index (χ3v) is 23.9. The summed E-state index contributed by atoms with van der Waals surface area (Å²) in [6, 6.07) is 51.4. The van der Waals surface area contributed by atoms with E-state index in [1.807, 2.05) is 0 Å². The molecule has 7 aromatic carbocycles. The van der Waals surface area contributed by atoms with Crippen LogP contribution in [-0.4, -0.2) is 16.1 Å². The zero-order valence-electron chi connectivity index (χ0n) is 33.4. The number of hydrogen-bond donors (Lipinski definition) is 0. The standard InChI is InChI=1S/C52H54Si2/c1-37(2)53(38(3)4,35-41-19-11-9-12-20-41)29-27-47-49-31-43-23-15-17-25-45(43)33-51(49)48(52-34-46-26-18-16-24-44(46)32-50(47)52)28-30-54(39(5)6,40(7)8)36-42-21-13-10-14-22-42/h9-26,31-34,37-40H,35-36H2,1-8H3. The van der Waals surface area contributed by atoms with Crippen molar-refractivity contribution in [1.82, 2.24) is 0 Å². The van der Waals surface area contributed by atoms with Crippen LogP contribution >= 0.6 is 0 Å². The lowest BCUT2D eigenvalue weighted by Crippen LogP contribution is -2.43. The Labute approximate surface area is 326 Å². The Bertz CT molecular complexity index is 2280. The third-order valence-electron chi connectivity index (χ3n) is 12.5. The van der Waals surface area contributed by atoms with E-state index in [-0.39, 0.29) is 0 Å². The van der Waals surface area contributed by atoms with E-state index in [4.69, 9.17) is 0 Å². The van der Waals surface area contributed by atoms with E-state index in [9.17, 15) is 0 Å². The fourth-order valence-corrected chi connectivity index (χ4v) is 17.1. The maximum absolute atomic E-state index is 4.17. The van der Waals surface area contributed by atoms with Gasteiger partial charge >= 0.3 is 0 Å². The van der Waals surface area contributed by atoms with Gasteiger partial charge in [-0.1, -0.05) is 176 Å². The molecule has 0 aliphatic carbocycles. The largest absolute Gasteiger partial charge is 0.148 e. The van der Waals surface area contributed by atoms with Gasteiger partial charge in [-0.05, 0) is 113 Å². The van der Waals surface area contributed by atoms with Gasteiger partial charge in [-0.3, -0.25) is 0 Å². The average molecular weight is 735 g/mol. The predicted molar refractivity (Wildman–Crippen MR) is 242 cm³/mol. The SMILES string of the molecule is CC(C)[Si](C#Cc1c2cc3ccccc3cc2c(C#C[Si](Cc2ccccc2)(C(C)C)C(C)C)c2cc3ccccc3cc12)(Cc1ccccc1)C(C)C. The van der Waals surface area contributed by atoms with Gasteiger partial charge in [0, 0.05) is 11.1 Å². The first kappa shape index (κ1) is 37.4. The Morgan fingerprint density at radius 3 is 0.889 bits per heavy atom. The molecule has 0 amide bonds. The van der Waals surface area contributed by atoms with Crippen LogP contribution < -0.4 is 0 Å². The van der Waals surface area contributed by atoms with Crippen LogP contribution in [0.4, 0.5) is 0 Å². The molecule has 0 bridgehead atoms. The summed E-state index contributed by atoms with van der Waals surface area (Å²) in [6.07, 6.45) is 0. The first-order valence-corrected chi connectivity index (χ1v) is 24.7. The minimum absolute atomic E-state index is 0.504. The molecule has 0 N–H and O–H groups in total. The maximum atomic E-state index is 4.17. The quantitative estimate of drug-likeness (QED) is 0.0828. The molecule has 2 heteroatoms. The van der Waals surface area contributed by atoms with Crippen LogP contribution in [0.1, 0.15) is 77.6 Å². The highest BCUT2D eigenvalue weighted by Gasteiger charge is 2.40. The predicted octanol–water partition coefficient (Wildman–Crippen LogP) is 14.2. The lowest BCUT2D eigenvalue weighted by atomic mass is 9.89. The Kier molecular flexibility index (Phi) is 10.7. The van der Waals surface area contributed by atoms with Gasteiger partial charge in [0.1, 0.15) is 16.1 Å². The van der Waals surface area contributed by atoms with Crippen molar-refractivity contribution in [2.45, 2.75) is 89.6 Å². The normalized spacial score (nSPS) is 12.2. The van der Waals surface area contributed by atoms with Crippen molar-refractivity contribution in [3.05, 3.63) is 156 Å². The number of hydrogen-bond acceptors (Lipinski definition) is 0. The van der Waals surface area contributed by atoms with Crippen molar-refractivity contribution in [2.24, 2.45) is 0 Å². The molecule has 0 radical (unpaired) electrons. The highest BCUT2D eigenvalue weighted by Crippen LogP contribution is 2.40. The van der Waals surface area contributed by atoms with Gasteiger partial charge in [0.25, 0.3) is 0 Å². The van der Waals surface area contributed by atoms with Gasteiger partial charge in [-0.15, -0.1) is 11.1 Å². The first-order valence-electron chi connectivity index (χ1n) is 20.0. The van der Waals surface area contributed by atoms with Crippen molar-refractivity contribution in [3.8, 4) is 22.9 Å². The summed E-state index contributed by atoms with van der Waals surface area (Å²) in [7, 11) is -4.31. The number of benzene rings is 7. The monoisotopic (exact) mass is 734 g/mol. The van der Waals surface area contributed by atoms with E-state index in [1.54, 1.807) is 0 Å². The van der Waals surface area contributed by atoms with Crippen LogP contribution in [0.3, 0.4) is 0 Å². The van der Waals surface area contributed by atoms with Crippen LogP contribution in [0.25, 0.3) is 43.1 Å². The van der Waals surface area contributed by atoms with Crippen LogP contribution in [0.5, 0.6) is 0 Å². The van der Waals surface area contributed by atoms with E-state index in [0.29, 0.717) is 22.2 Å². The van der Waals surface area contributed by atoms with Crippen molar-refractivity contribution in [2.75, 3.05) is 0 Å². The maximum Gasteiger partial charge on any atom is 0.148 e. The Hall–Kier alpha value is -4.87. The highest BCUT2D eigenvalue weighted by atomic mass is 28.3. The molecule has 0 saturated heterocycles. The lowest BCUT2D eigenvalue weighted by Gasteiger charge is -2.34. The fraction of sp³-hybridized carbons (Fsp3) is 0.269. The summed E-state index contributed by atoms with van der Waals surface area (Å²) >= 11 is 0. The van der Waals surface area contributed by atoms with Gasteiger partial charge in [0.05, 0.1) is 0 Å². The second kappa shape index (κ2) is 15.5. The zero-order valence-corrected chi connectivity index (χ0v) is 35.4. The number of rotatable bonds is 8. The summed E-state index contributed by atoms with van der Waals surface area (Å²) < 4.78 is 0. The van der Waals surface area contributed by atoms with Crippen molar-refractivity contribution in [3.63, 3.8) is 0 Å². The Morgan fingerprint density at radius 2 is 0.630 bits per heavy atom. The second-order valence-corrected chi connectivity index (χ2v) is 26.8. The zero-order chi connectivity index (χ0) is 38.0. The lowest BCUT2D eigenvalue weighted by molar-refractivity contribution is 0.895. The topological polar surface area (TPSA) is 0 Å². The summed E-state index contributed by atoms with van der Waals surface area (Å²) in [4.78, 5) is 0. The van der Waals surface area contributed by atoms with Gasteiger partial charge in [0.2, 0.25) is 0 Å². The summed E-state index contributed by atoms with van der Waals surface area (Å²) in [5.41, 5.74) is 15.4. The Morgan fingerprint density at radius 1 is 0.370 bits per heavy atom. The molecule has 0 fully saturated rings. The van der Waals surface area contributed by atoms with Crippen molar-refractivity contribution in [1.29, 1.82) is 0 Å². The van der Waals surface area contributed by atoms with E-state index >= 15 is 0 Å². The van der Waals surface area contributed by atoms with Crippen LogP contribution in [0.2, 0.25) is 22.2 Å². The number of fused-ring (bicyclic) bond motifs is 4. The minimum atomic E-state index is -2.16. The summed E-state index contributed by atoms with van der Waals surface area (Å²) in [5.74, 6) is 8.05. The van der Waals surface area contributed by atoms with E-state index in [1.165, 1.54) is 54.2 Å². The summed E-state index contributed by atoms with van der Waals surface area (Å²) in [5, 5.41) is 9.82. The van der Waals surface area contributed by atoms with Crippen LogP contribution in [0.15, 0.2) is 133 Å². The van der Waals surface area contributed by atoms with E-state index < -0.39 is 16.1 Å². The molecule has 0 atom stereocenters. The molecule has 270 valence electrons. The molecule has 7 rings (SSSR count). The Balaban J connectivity index is 1.58. The molecule has 0 heterocycles. The molecule has 7 aromatic rings. The van der Waals surface area contributed by atoms with Gasteiger partial charge in [0.15, 0.2) is 0 Å². The molecule has 0 aliphatic rings. The van der Waals surface area contributed by atoms with E-state index in [2.05, 4.69) is 212 Å². The van der Waals surface area contributed by atoms with Crippen molar-refractivity contribution < 1.29 is 0 Å². The molecule has 54 heavy (non-hydrogen) atoms. The smallest absolute Gasteiger partial charge is 0.125 e. The van der Waals surface area contributed by atoms with Crippen LogP contribution in [0, 0.1) is 22.9 Å². The molecule has 0 aliphatic heterocycles. The summed E-state index contributed by atoms with van der Waals surface area (Å²) in [6.45, 7) is 19.3. The molecule has 0 spiro atoms. The van der Waals surface area contributed by atoms with Crippen LogP contribution in [-0.2, 0) is 12.1 Å². The van der Waals surface area contributed by atoms with Gasteiger partial charge < -0.3 is 0 Å². The van der Waals surface area contributed by atoms with Crippen molar-refractivity contribution >= 4 is 59.2 Å². The molecule has 0 nitrogen and oxygen atoms in total. The molecular weight excluding hydrogens is 681 g/mol.